The van der Waals surface area contributed by atoms with E-state index < -0.39 is 11.2 Å². The molecule has 0 amide bonds. The highest BCUT2D eigenvalue weighted by atomic mass is 32.2. The van der Waals surface area contributed by atoms with Crippen LogP contribution in [0.4, 0.5) is 5.69 Å². The SMILES string of the molecule is Cn1cncc(-c2cc(-c3ccccc3)c3c(N)c([S+]([O-])C4CCC4)sc3n2)c1=O. The number of aromatic nitrogens is 3. The maximum Gasteiger partial charge on any atom is 0.262 e. The van der Waals surface area contributed by atoms with Crippen molar-refractivity contribution in [2.24, 2.45) is 7.05 Å². The summed E-state index contributed by atoms with van der Waals surface area (Å²) < 4.78 is 15.2. The monoisotopic (exact) mass is 436 g/mol. The Hall–Kier alpha value is -2.68. The van der Waals surface area contributed by atoms with Gasteiger partial charge >= 0.3 is 0 Å². The third kappa shape index (κ3) is 3.12. The minimum Gasteiger partial charge on any atom is -0.611 e. The summed E-state index contributed by atoms with van der Waals surface area (Å²) in [6.45, 7) is 0. The quantitative estimate of drug-likeness (QED) is 0.488. The lowest BCUT2D eigenvalue weighted by Gasteiger charge is -2.27. The van der Waals surface area contributed by atoms with Crippen LogP contribution in [0.3, 0.4) is 0 Å². The number of anilines is 1. The highest BCUT2D eigenvalue weighted by Crippen LogP contribution is 2.45. The van der Waals surface area contributed by atoms with Crippen molar-refractivity contribution in [2.45, 2.75) is 28.7 Å². The van der Waals surface area contributed by atoms with Crippen LogP contribution < -0.4 is 11.3 Å². The van der Waals surface area contributed by atoms with Crippen molar-refractivity contribution in [3.8, 4) is 22.4 Å². The second kappa shape index (κ2) is 7.54. The fraction of sp³-hybridized carbons (Fsp3) is 0.227. The molecule has 6 nitrogen and oxygen atoms in total. The van der Waals surface area contributed by atoms with Gasteiger partial charge in [-0.25, -0.2) is 9.97 Å². The van der Waals surface area contributed by atoms with Crippen LogP contribution in [0, 0.1) is 0 Å². The van der Waals surface area contributed by atoms with Crippen LogP contribution in [0.5, 0.6) is 0 Å². The third-order valence-electron chi connectivity index (χ3n) is 5.56. The molecule has 4 aromatic rings. The Morgan fingerprint density at radius 1 is 1.23 bits per heavy atom. The average Bonchev–Trinajstić information content (AvgIpc) is 3.05. The van der Waals surface area contributed by atoms with Crippen molar-refractivity contribution in [1.29, 1.82) is 0 Å². The molecule has 3 heterocycles. The van der Waals surface area contributed by atoms with E-state index in [-0.39, 0.29) is 10.8 Å². The molecule has 3 aromatic heterocycles. The van der Waals surface area contributed by atoms with E-state index in [4.69, 9.17) is 10.7 Å². The van der Waals surface area contributed by atoms with Gasteiger partial charge in [-0.05, 0) is 36.5 Å². The summed E-state index contributed by atoms with van der Waals surface area (Å²) in [6, 6.07) is 11.8. The summed E-state index contributed by atoms with van der Waals surface area (Å²) in [5.41, 5.74) is 9.72. The molecular weight excluding hydrogens is 416 g/mol. The van der Waals surface area contributed by atoms with Crippen molar-refractivity contribution < 1.29 is 4.55 Å². The molecule has 0 bridgehead atoms. The van der Waals surface area contributed by atoms with Crippen LogP contribution in [-0.2, 0) is 18.2 Å². The fourth-order valence-corrected chi connectivity index (χ4v) is 6.86. The molecule has 1 aliphatic rings. The third-order valence-corrected chi connectivity index (χ3v) is 8.86. The van der Waals surface area contributed by atoms with Gasteiger partial charge in [-0.3, -0.25) is 4.79 Å². The highest BCUT2D eigenvalue weighted by Gasteiger charge is 2.35. The second-order valence-electron chi connectivity index (χ2n) is 7.48. The first kappa shape index (κ1) is 19.3. The predicted molar refractivity (Wildman–Crippen MR) is 122 cm³/mol. The lowest BCUT2D eigenvalue weighted by molar-refractivity contribution is 0.478. The van der Waals surface area contributed by atoms with E-state index in [0.717, 1.165) is 35.8 Å². The Kier molecular flexibility index (Phi) is 4.85. The fourth-order valence-electron chi connectivity index (χ4n) is 3.65. The first-order chi connectivity index (χ1) is 14.5. The highest BCUT2D eigenvalue weighted by molar-refractivity contribution is 7.94. The summed E-state index contributed by atoms with van der Waals surface area (Å²) in [6.07, 6.45) is 6.07. The molecule has 1 unspecified atom stereocenters. The number of nitrogen functional groups attached to an aromatic ring is 1. The lowest BCUT2D eigenvalue weighted by Crippen LogP contribution is -2.28. The zero-order valence-corrected chi connectivity index (χ0v) is 18.0. The van der Waals surface area contributed by atoms with E-state index in [1.54, 1.807) is 7.05 Å². The first-order valence-corrected chi connectivity index (χ1v) is 11.8. The van der Waals surface area contributed by atoms with Gasteiger partial charge in [0.2, 0.25) is 4.21 Å². The molecule has 152 valence electrons. The summed E-state index contributed by atoms with van der Waals surface area (Å²) in [5.74, 6) is 0. The van der Waals surface area contributed by atoms with Crippen LogP contribution in [0.2, 0.25) is 0 Å². The molecule has 1 aromatic carbocycles. The smallest absolute Gasteiger partial charge is 0.262 e. The molecule has 2 N–H and O–H groups in total. The molecule has 0 aliphatic heterocycles. The second-order valence-corrected chi connectivity index (χ2v) is 10.4. The molecule has 8 heteroatoms. The van der Waals surface area contributed by atoms with Gasteiger partial charge in [-0.2, -0.15) is 0 Å². The van der Waals surface area contributed by atoms with E-state index >= 15 is 0 Å². The van der Waals surface area contributed by atoms with E-state index in [1.807, 2.05) is 36.4 Å². The zero-order valence-electron chi connectivity index (χ0n) is 16.4. The van der Waals surface area contributed by atoms with Gasteiger partial charge in [-0.1, -0.05) is 41.7 Å². The van der Waals surface area contributed by atoms with Gasteiger partial charge in [-0.15, -0.1) is 0 Å². The minimum atomic E-state index is -1.13. The molecule has 1 aliphatic carbocycles. The van der Waals surface area contributed by atoms with Gasteiger partial charge in [0.1, 0.15) is 15.8 Å². The van der Waals surface area contributed by atoms with Crippen LogP contribution >= 0.6 is 11.3 Å². The Morgan fingerprint density at radius 3 is 2.70 bits per heavy atom. The number of benzene rings is 1. The largest absolute Gasteiger partial charge is 0.611 e. The number of nitrogens with two attached hydrogens (primary N) is 1. The van der Waals surface area contributed by atoms with Crippen molar-refractivity contribution in [3.63, 3.8) is 0 Å². The van der Waals surface area contributed by atoms with E-state index in [0.29, 0.717) is 26.0 Å². The zero-order chi connectivity index (χ0) is 20.8. The minimum absolute atomic E-state index is 0.168. The molecule has 0 spiro atoms. The number of pyridine rings is 1. The maximum absolute atomic E-state index is 13.1. The van der Waals surface area contributed by atoms with Crippen LogP contribution in [-0.4, -0.2) is 24.3 Å². The molecule has 0 radical (unpaired) electrons. The van der Waals surface area contributed by atoms with Crippen molar-refractivity contribution in [1.82, 2.24) is 14.5 Å². The van der Waals surface area contributed by atoms with E-state index in [1.165, 1.54) is 28.4 Å². The number of hydrogen-bond donors (Lipinski definition) is 1. The van der Waals surface area contributed by atoms with E-state index in [9.17, 15) is 9.35 Å². The van der Waals surface area contributed by atoms with Crippen LogP contribution in [0.15, 0.2) is 57.9 Å². The molecule has 1 atom stereocenters. The number of hydrogen-bond acceptors (Lipinski definition) is 6. The maximum atomic E-state index is 13.1. The number of rotatable bonds is 4. The summed E-state index contributed by atoms with van der Waals surface area (Å²) in [4.78, 5) is 22.3. The molecule has 1 saturated carbocycles. The topological polar surface area (TPSA) is 96.9 Å². The van der Waals surface area contributed by atoms with Gasteiger partial charge in [0, 0.05) is 29.8 Å². The number of thiophene rings is 1. The molecule has 0 saturated heterocycles. The first-order valence-electron chi connectivity index (χ1n) is 9.74. The van der Waals surface area contributed by atoms with Crippen molar-refractivity contribution in [3.05, 3.63) is 59.3 Å². The number of aryl methyl sites for hydroxylation is 1. The Balaban J connectivity index is 1.78. The Labute approximate surface area is 180 Å². The van der Waals surface area contributed by atoms with Gasteiger partial charge in [0.05, 0.1) is 17.6 Å². The van der Waals surface area contributed by atoms with Crippen molar-refractivity contribution >= 4 is 38.4 Å². The van der Waals surface area contributed by atoms with Crippen LogP contribution in [0.25, 0.3) is 32.6 Å². The number of nitrogens with zero attached hydrogens (tertiary/aromatic N) is 3. The average molecular weight is 437 g/mol. The molecular formula is C22H20N4O2S2. The Bertz CT molecular complexity index is 1300. The molecule has 30 heavy (non-hydrogen) atoms. The summed E-state index contributed by atoms with van der Waals surface area (Å²) in [5, 5.41) is 0.976. The summed E-state index contributed by atoms with van der Waals surface area (Å²) >= 11 is 0.238. The lowest BCUT2D eigenvalue weighted by atomic mass is 10.00. The predicted octanol–water partition coefficient (Wildman–Crippen LogP) is 3.97. The van der Waals surface area contributed by atoms with Gasteiger partial charge in [0.15, 0.2) is 0 Å². The van der Waals surface area contributed by atoms with Gasteiger partial charge < -0.3 is 14.9 Å². The van der Waals surface area contributed by atoms with Crippen LogP contribution in [0.1, 0.15) is 19.3 Å². The van der Waals surface area contributed by atoms with E-state index in [2.05, 4.69) is 4.98 Å². The van der Waals surface area contributed by atoms with Gasteiger partial charge in [0.25, 0.3) is 5.56 Å². The summed E-state index contributed by atoms with van der Waals surface area (Å²) in [7, 11) is 1.67. The standard InChI is InChI=1S/C22H20N4O2S2/c1-26-12-24-11-16(21(26)27)17-10-15(13-6-3-2-4-7-13)18-19(23)22(29-20(18)25-17)30(28)14-8-5-9-14/h2-4,6-7,10-12,14H,5,8-9,23H2,1H3. The molecule has 1 fully saturated rings. The molecule has 5 rings (SSSR count). The Morgan fingerprint density at radius 2 is 2.00 bits per heavy atom. The normalized spacial score (nSPS) is 15.3. The number of fused-ring (bicyclic) bond motifs is 1. The van der Waals surface area contributed by atoms with Crippen molar-refractivity contribution in [2.75, 3.05) is 5.73 Å².